The Morgan fingerprint density at radius 2 is 2.29 bits per heavy atom. The average molecular weight is 233 g/mol. The van der Waals surface area contributed by atoms with Gasteiger partial charge >= 0.3 is 5.76 Å². The van der Waals surface area contributed by atoms with E-state index in [0.29, 0.717) is 5.52 Å². The molecule has 86 valence electrons. The first-order valence-corrected chi connectivity index (χ1v) is 4.99. The van der Waals surface area contributed by atoms with Crippen molar-refractivity contribution >= 4 is 11.1 Å². The Balaban J connectivity index is 2.16. The number of benzene rings is 1. The highest BCUT2D eigenvalue weighted by Gasteiger charge is 2.09. The predicted octanol–water partition coefficient (Wildman–Crippen LogP) is 1.44. The van der Waals surface area contributed by atoms with Crippen LogP contribution in [0.1, 0.15) is 0 Å². The third-order valence-electron chi connectivity index (χ3n) is 2.49. The normalized spacial score (nSPS) is 11.1. The van der Waals surface area contributed by atoms with E-state index in [4.69, 9.17) is 4.42 Å². The van der Waals surface area contributed by atoms with Gasteiger partial charge in [-0.05, 0) is 12.1 Å². The lowest BCUT2D eigenvalue weighted by atomic mass is 10.3. The van der Waals surface area contributed by atoms with Crippen molar-refractivity contribution in [2.75, 3.05) is 0 Å². The number of aromatic nitrogens is 3. The van der Waals surface area contributed by atoms with Crippen LogP contribution in [0.15, 0.2) is 46.1 Å². The van der Waals surface area contributed by atoms with Crippen molar-refractivity contribution in [1.82, 2.24) is 14.1 Å². The van der Waals surface area contributed by atoms with Gasteiger partial charge in [-0.2, -0.15) is 0 Å². The molecule has 0 aliphatic heterocycles. The molecule has 0 saturated carbocycles. The monoisotopic (exact) mass is 233 g/mol. The fourth-order valence-corrected chi connectivity index (χ4v) is 1.71. The third kappa shape index (κ3) is 1.63. The number of nitrogens with zero attached hydrogens (tertiary/aromatic N) is 3. The highest BCUT2D eigenvalue weighted by Crippen LogP contribution is 2.14. The number of halogens is 1. The molecular weight excluding hydrogens is 225 g/mol. The Morgan fingerprint density at radius 3 is 3.06 bits per heavy atom. The number of rotatable bonds is 2. The summed E-state index contributed by atoms with van der Waals surface area (Å²) in [5.74, 6) is -0.944. The van der Waals surface area contributed by atoms with E-state index >= 15 is 0 Å². The maximum Gasteiger partial charge on any atom is 0.421 e. The van der Waals surface area contributed by atoms with Crippen LogP contribution in [-0.2, 0) is 6.67 Å². The smallest absolute Gasteiger partial charge is 0.408 e. The summed E-state index contributed by atoms with van der Waals surface area (Å²) in [5.41, 5.74) is 0.806. The summed E-state index contributed by atoms with van der Waals surface area (Å²) in [6.45, 7) is 0.289. The molecule has 6 heteroatoms. The first-order chi connectivity index (χ1) is 8.24. The first kappa shape index (κ1) is 9.83. The van der Waals surface area contributed by atoms with E-state index in [-0.39, 0.29) is 12.3 Å². The summed E-state index contributed by atoms with van der Waals surface area (Å²) in [5, 5.41) is 0. The molecule has 3 rings (SSSR count). The zero-order valence-electron chi connectivity index (χ0n) is 8.71. The van der Waals surface area contributed by atoms with Gasteiger partial charge in [-0.25, -0.2) is 14.2 Å². The van der Waals surface area contributed by atoms with Crippen molar-refractivity contribution in [1.29, 1.82) is 0 Å². The molecule has 0 amide bonds. The molecule has 17 heavy (non-hydrogen) atoms. The van der Waals surface area contributed by atoms with Gasteiger partial charge in [-0.1, -0.05) is 0 Å². The number of hydrogen-bond acceptors (Lipinski definition) is 3. The molecule has 0 N–H and O–H groups in total. The standard InChI is InChI=1S/C11H8FN3O2/c12-8-1-2-9-10(5-8)17-11(16)15(9)7-14-4-3-13-6-14/h1-6H,7H2. The van der Waals surface area contributed by atoms with Gasteiger partial charge in [-0.15, -0.1) is 0 Å². The Labute approximate surface area is 94.7 Å². The second kappa shape index (κ2) is 3.58. The Morgan fingerprint density at radius 1 is 1.41 bits per heavy atom. The van der Waals surface area contributed by atoms with Crippen LogP contribution >= 0.6 is 0 Å². The van der Waals surface area contributed by atoms with Gasteiger partial charge in [0.1, 0.15) is 12.5 Å². The molecule has 0 unspecified atom stereocenters. The predicted molar refractivity (Wildman–Crippen MR) is 58.1 cm³/mol. The van der Waals surface area contributed by atoms with Crippen molar-refractivity contribution in [2.24, 2.45) is 0 Å². The number of oxazole rings is 1. The average Bonchev–Trinajstić information content (AvgIpc) is 2.88. The van der Waals surface area contributed by atoms with Crippen LogP contribution in [0, 0.1) is 5.82 Å². The Bertz CT molecular complexity index is 712. The van der Waals surface area contributed by atoms with Crippen molar-refractivity contribution in [2.45, 2.75) is 6.67 Å². The second-order valence-electron chi connectivity index (χ2n) is 3.63. The molecule has 0 bridgehead atoms. The van der Waals surface area contributed by atoms with E-state index in [9.17, 15) is 9.18 Å². The minimum absolute atomic E-state index is 0.245. The zero-order chi connectivity index (χ0) is 11.8. The third-order valence-corrected chi connectivity index (χ3v) is 2.49. The van der Waals surface area contributed by atoms with Crippen LogP contribution in [0.2, 0.25) is 0 Å². The maximum absolute atomic E-state index is 13.0. The lowest BCUT2D eigenvalue weighted by Gasteiger charge is -2.02. The molecule has 0 radical (unpaired) electrons. The lowest BCUT2D eigenvalue weighted by molar-refractivity contribution is 0.486. The summed E-state index contributed by atoms with van der Waals surface area (Å²) in [6.07, 6.45) is 4.94. The Kier molecular flexibility index (Phi) is 2.07. The maximum atomic E-state index is 13.0. The largest absolute Gasteiger partial charge is 0.421 e. The summed E-state index contributed by atoms with van der Waals surface area (Å²) in [4.78, 5) is 15.5. The highest BCUT2D eigenvalue weighted by molar-refractivity contribution is 5.72. The summed E-state index contributed by atoms with van der Waals surface area (Å²) >= 11 is 0. The van der Waals surface area contributed by atoms with Crippen LogP contribution in [0.5, 0.6) is 0 Å². The van der Waals surface area contributed by atoms with Crippen molar-refractivity contribution in [3.8, 4) is 0 Å². The summed E-state index contributed by atoms with van der Waals surface area (Å²) in [6, 6.07) is 4.01. The quantitative estimate of drug-likeness (QED) is 0.673. The van der Waals surface area contributed by atoms with Gasteiger partial charge in [0.2, 0.25) is 0 Å². The van der Waals surface area contributed by atoms with Gasteiger partial charge < -0.3 is 8.98 Å². The molecule has 2 aromatic heterocycles. The molecular formula is C11H8FN3O2. The highest BCUT2D eigenvalue weighted by atomic mass is 19.1. The second-order valence-corrected chi connectivity index (χ2v) is 3.63. The molecule has 0 spiro atoms. The van der Waals surface area contributed by atoms with Gasteiger partial charge in [0.05, 0.1) is 11.8 Å². The first-order valence-electron chi connectivity index (χ1n) is 4.99. The fourth-order valence-electron chi connectivity index (χ4n) is 1.71. The van der Waals surface area contributed by atoms with E-state index < -0.39 is 11.6 Å². The van der Waals surface area contributed by atoms with E-state index in [1.54, 1.807) is 23.3 Å². The number of hydrogen-bond donors (Lipinski definition) is 0. The van der Waals surface area contributed by atoms with Crippen molar-refractivity contribution in [3.05, 3.63) is 53.3 Å². The molecule has 0 saturated heterocycles. The summed E-state index contributed by atoms with van der Waals surface area (Å²) in [7, 11) is 0. The lowest BCUT2D eigenvalue weighted by Crippen LogP contribution is -2.18. The van der Waals surface area contributed by atoms with Gasteiger partial charge in [0.15, 0.2) is 5.58 Å². The molecule has 0 atom stereocenters. The van der Waals surface area contributed by atoms with Crippen LogP contribution in [0.25, 0.3) is 11.1 Å². The fraction of sp³-hybridized carbons (Fsp3) is 0.0909. The number of fused-ring (bicyclic) bond motifs is 1. The van der Waals surface area contributed by atoms with Crippen molar-refractivity contribution in [3.63, 3.8) is 0 Å². The van der Waals surface area contributed by atoms with Gasteiger partial charge in [0.25, 0.3) is 0 Å². The minimum Gasteiger partial charge on any atom is -0.408 e. The molecule has 3 aromatic rings. The molecule has 0 fully saturated rings. The number of imidazole rings is 1. The van der Waals surface area contributed by atoms with Crippen LogP contribution in [-0.4, -0.2) is 14.1 Å². The van der Waals surface area contributed by atoms with Gasteiger partial charge in [-0.3, -0.25) is 4.57 Å². The molecule has 1 aromatic carbocycles. The molecule has 5 nitrogen and oxygen atoms in total. The molecule has 0 aliphatic carbocycles. The van der Waals surface area contributed by atoms with Gasteiger partial charge in [0, 0.05) is 18.5 Å². The van der Waals surface area contributed by atoms with E-state index in [0.717, 1.165) is 0 Å². The summed E-state index contributed by atoms with van der Waals surface area (Å²) < 4.78 is 21.1. The molecule has 0 aliphatic rings. The topological polar surface area (TPSA) is 53.0 Å². The van der Waals surface area contributed by atoms with E-state index in [1.165, 1.54) is 22.8 Å². The zero-order valence-corrected chi connectivity index (χ0v) is 8.71. The molecule has 2 heterocycles. The van der Waals surface area contributed by atoms with Crippen molar-refractivity contribution < 1.29 is 8.81 Å². The van der Waals surface area contributed by atoms with E-state index in [2.05, 4.69) is 4.98 Å². The minimum atomic E-state index is -0.515. The van der Waals surface area contributed by atoms with Crippen LogP contribution in [0.3, 0.4) is 0 Å². The van der Waals surface area contributed by atoms with Crippen LogP contribution in [0.4, 0.5) is 4.39 Å². The Hall–Kier alpha value is -2.37. The van der Waals surface area contributed by atoms with Crippen LogP contribution < -0.4 is 5.76 Å². The SMILES string of the molecule is O=c1oc2cc(F)ccc2n1Cn1ccnc1. The van der Waals surface area contributed by atoms with E-state index in [1.807, 2.05) is 0 Å².